The van der Waals surface area contributed by atoms with Crippen LogP contribution >= 0.6 is 0 Å². The van der Waals surface area contributed by atoms with Crippen LogP contribution in [0.15, 0.2) is 60.7 Å². The largest absolute Gasteiger partial charge is 0.456 e. The Balaban J connectivity index is 1.85. The zero-order valence-corrected chi connectivity index (χ0v) is 16.6. The monoisotopic (exact) mass is 460 g/mol. The molecule has 0 aliphatic heterocycles. The lowest BCUT2D eigenvalue weighted by atomic mass is 10.0. The zero-order chi connectivity index (χ0) is 23.9. The van der Waals surface area contributed by atoms with Crippen LogP contribution < -0.4 is 16.2 Å². The number of nitrogens with two attached hydrogens (primary N) is 2. The summed E-state index contributed by atoms with van der Waals surface area (Å²) in [4.78, 5) is 0. The van der Waals surface area contributed by atoms with E-state index in [1.54, 1.807) is 0 Å². The molecule has 0 unspecified atom stereocenters. The summed E-state index contributed by atoms with van der Waals surface area (Å²) < 4.78 is 88.0. The minimum atomic E-state index is -1.63. The Labute approximate surface area is 183 Å². The van der Waals surface area contributed by atoms with Crippen LogP contribution in [-0.4, -0.2) is 0 Å². The molecular formula is C24H14F6N2O. The Morgan fingerprint density at radius 2 is 0.818 bits per heavy atom. The van der Waals surface area contributed by atoms with Gasteiger partial charge in [0.25, 0.3) is 0 Å². The molecule has 168 valence electrons. The first-order chi connectivity index (χ1) is 15.6. The van der Waals surface area contributed by atoms with E-state index in [2.05, 4.69) is 0 Å². The van der Waals surface area contributed by atoms with E-state index in [9.17, 15) is 26.3 Å². The lowest BCUT2D eigenvalue weighted by molar-refractivity contribution is 0.447. The third-order valence-electron chi connectivity index (χ3n) is 4.82. The van der Waals surface area contributed by atoms with Crippen molar-refractivity contribution < 1.29 is 31.1 Å². The van der Waals surface area contributed by atoms with Gasteiger partial charge in [0, 0.05) is 22.5 Å². The van der Waals surface area contributed by atoms with Crippen LogP contribution in [0.25, 0.3) is 22.3 Å². The molecule has 0 amide bonds. The van der Waals surface area contributed by atoms with Crippen LogP contribution in [0.2, 0.25) is 0 Å². The molecule has 4 aromatic carbocycles. The predicted octanol–water partition coefficient (Wildman–Crippen LogP) is 6.81. The molecule has 0 fully saturated rings. The molecule has 3 nitrogen and oxygen atoms in total. The molecule has 0 aromatic heterocycles. The van der Waals surface area contributed by atoms with Crippen LogP contribution in [0.1, 0.15) is 0 Å². The molecule has 0 heterocycles. The molecule has 0 saturated carbocycles. The fourth-order valence-corrected chi connectivity index (χ4v) is 3.26. The van der Waals surface area contributed by atoms with Gasteiger partial charge in [-0.25, -0.2) is 26.3 Å². The maximum absolute atomic E-state index is 13.8. The highest BCUT2D eigenvalue weighted by Crippen LogP contribution is 2.40. The van der Waals surface area contributed by atoms with Crippen molar-refractivity contribution in [1.29, 1.82) is 0 Å². The molecule has 0 aliphatic rings. The maximum Gasteiger partial charge on any atom is 0.194 e. The molecule has 4 rings (SSSR count). The molecular weight excluding hydrogens is 446 g/mol. The number of anilines is 2. The van der Waals surface area contributed by atoms with Crippen molar-refractivity contribution >= 4 is 11.4 Å². The Bertz CT molecular complexity index is 1240. The van der Waals surface area contributed by atoms with Gasteiger partial charge in [-0.1, -0.05) is 0 Å². The average molecular weight is 460 g/mol. The minimum Gasteiger partial charge on any atom is -0.456 e. The third-order valence-corrected chi connectivity index (χ3v) is 4.82. The number of nitrogen functional groups attached to an aromatic ring is 2. The Morgan fingerprint density at radius 1 is 0.485 bits per heavy atom. The molecule has 9 heteroatoms. The quantitative estimate of drug-likeness (QED) is 0.200. The lowest BCUT2D eigenvalue weighted by Crippen LogP contribution is -1.98. The fraction of sp³-hybridized carbons (Fsp3) is 0. The number of hydrogen-bond donors (Lipinski definition) is 2. The Hall–Kier alpha value is -4.14. The molecule has 0 spiro atoms. The molecule has 4 N–H and O–H groups in total. The highest BCUT2D eigenvalue weighted by atomic mass is 19.2. The summed E-state index contributed by atoms with van der Waals surface area (Å²) >= 11 is 0. The second kappa shape index (κ2) is 8.42. The summed E-state index contributed by atoms with van der Waals surface area (Å²) in [7, 11) is 0. The van der Waals surface area contributed by atoms with Gasteiger partial charge in [-0.15, -0.1) is 0 Å². The molecule has 0 atom stereocenters. The van der Waals surface area contributed by atoms with E-state index in [4.69, 9.17) is 16.2 Å². The molecule has 0 bridgehead atoms. The summed E-state index contributed by atoms with van der Waals surface area (Å²) in [6.07, 6.45) is 0. The van der Waals surface area contributed by atoms with E-state index in [1.165, 1.54) is 36.4 Å². The summed E-state index contributed by atoms with van der Waals surface area (Å²) in [5.41, 5.74) is 12.2. The third kappa shape index (κ3) is 4.30. The normalized spacial score (nSPS) is 11.0. The van der Waals surface area contributed by atoms with Crippen LogP contribution in [0.4, 0.5) is 37.7 Å². The van der Waals surface area contributed by atoms with E-state index in [0.29, 0.717) is 0 Å². The van der Waals surface area contributed by atoms with E-state index in [0.717, 1.165) is 24.3 Å². The standard InChI is InChI=1S/C24H14F6N2O/c25-17-5-11(6-18(26)23(17)29)15-9-13(31)1-3-21(15)33-22-4-2-14(32)10-16(22)12-7-19(27)24(30)20(28)8-12/h1-10H,31-32H2. The lowest BCUT2D eigenvalue weighted by Gasteiger charge is -2.16. The van der Waals surface area contributed by atoms with Crippen molar-refractivity contribution in [2.24, 2.45) is 0 Å². The number of halogens is 6. The average Bonchev–Trinajstić information content (AvgIpc) is 2.77. The number of hydrogen-bond acceptors (Lipinski definition) is 3. The highest BCUT2D eigenvalue weighted by molar-refractivity contribution is 5.78. The Kier molecular flexibility index (Phi) is 5.63. The number of benzene rings is 4. The van der Waals surface area contributed by atoms with Gasteiger partial charge in [-0.2, -0.15) is 0 Å². The van der Waals surface area contributed by atoms with Crippen molar-refractivity contribution in [2.45, 2.75) is 0 Å². The number of rotatable bonds is 4. The topological polar surface area (TPSA) is 61.3 Å². The van der Waals surface area contributed by atoms with Gasteiger partial charge in [0.15, 0.2) is 34.9 Å². The van der Waals surface area contributed by atoms with Crippen molar-refractivity contribution in [3.63, 3.8) is 0 Å². The number of ether oxygens (including phenoxy) is 1. The fourth-order valence-electron chi connectivity index (χ4n) is 3.26. The van der Waals surface area contributed by atoms with Gasteiger partial charge in [0.1, 0.15) is 11.5 Å². The van der Waals surface area contributed by atoms with Crippen LogP contribution in [0, 0.1) is 34.9 Å². The highest BCUT2D eigenvalue weighted by Gasteiger charge is 2.18. The summed E-state index contributed by atoms with van der Waals surface area (Å²) in [6.45, 7) is 0. The first-order valence-electron chi connectivity index (χ1n) is 9.40. The van der Waals surface area contributed by atoms with E-state index < -0.39 is 34.9 Å². The van der Waals surface area contributed by atoms with Gasteiger partial charge < -0.3 is 16.2 Å². The van der Waals surface area contributed by atoms with Gasteiger partial charge in [0.05, 0.1) is 0 Å². The van der Waals surface area contributed by atoms with E-state index >= 15 is 0 Å². The Morgan fingerprint density at radius 3 is 1.15 bits per heavy atom. The van der Waals surface area contributed by atoms with Crippen molar-refractivity contribution in [2.75, 3.05) is 11.5 Å². The van der Waals surface area contributed by atoms with Crippen LogP contribution in [0.5, 0.6) is 11.5 Å². The van der Waals surface area contributed by atoms with Crippen molar-refractivity contribution in [1.82, 2.24) is 0 Å². The van der Waals surface area contributed by atoms with Crippen molar-refractivity contribution in [3.8, 4) is 33.8 Å². The van der Waals surface area contributed by atoms with Gasteiger partial charge in [0.2, 0.25) is 0 Å². The van der Waals surface area contributed by atoms with E-state index in [-0.39, 0.29) is 45.1 Å². The van der Waals surface area contributed by atoms with Crippen molar-refractivity contribution in [3.05, 3.63) is 95.6 Å². The van der Waals surface area contributed by atoms with Gasteiger partial charge in [-0.3, -0.25) is 0 Å². The molecule has 0 radical (unpaired) electrons. The summed E-state index contributed by atoms with van der Waals surface area (Å²) in [6, 6.07) is 11.5. The molecule has 4 aromatic rings. The minimum absolute atomic E-state index is 0.0451. The van der Waals surface area contributed by atoms with Gasteiger partial charge >= 0.3 is 0 Å². The second-order valence-corrected chi connectivity index (χ2v) is 7.12. The first kappa shape index (κ1) is 22.1. The predicted molar refractivity (Wildman–Crippen MR) is 112 cm³/mol. The summed E-state index contributed by atoms with van der Waals surface area (Å²) in [5, 5.41) is 0. The van der Waals surface area contributed by atoms with Crippen LogP contribution in [0.3, 0.4) is 0 Å². The molecule has 0 saturated heterocycles. The van der Waals surface area contributed by atoms with E-state index in [1.807, 2.05) is 0 Å². The molecule has 0 aliphatic carbocycles. The second-order valence-electron chi connectivity index (χ2n) is 7.12. The smallest absolute Gasteiger partial charge is 0.194 e. The SMILES string of the molecule is Nc1ccc(Oc2ccc(N)cc2-c2cc(F)c(F)c(F)c2)c(-c2cc(F)c(F)c(F)c2)c1. The molecule has 33 heavy (non-hydrogen) atoms. The zero-order valence-electron chi connectivity index (χ0n) is 16.6. The summed E-state index contributed by atoms with van der Waals surface area (Å²) in [5.74, 6) is -8.83. The van der Waals surface area contributed by atoms with Crippen LogP contribution in [-0.2, 0) is 0 Å². The van der Waals surface area contributed by atoms with Gasteiger partial charge in [-0.05, 0) is 71.8 Å². The first-order valence-corrected chi connectivity index (χ1v) is 9.40. The maximum atomic E-state index is 13.8.